The van der Waals surface area contributed by atoms with Gasteiger partial charge < -0.3 is 0 Å². The monoisotopic (exact) mass is 228 g/mol. The van der Waals surface area contributed by atoms with Crippen LogP contribution < -0.4 is 0 Å². The molecule has 0 atom stereocenters. The van der Waals surface area contributed by atoms with Gasteiger partial charge in [0.2, 0.25) is 0 Å². The van der Waals surface area contributed by atoms with Crippen LogP contribution in [0, 0.1) is 5.41 Å². The van der Waals surface area contributed by atoms with Crippen molar-refractivity contribution in [2.45, 2.75) is 6.92 Å². The van der Waals surface area contributed by atoms with Crippen LogP contribution >= 0.6 is 0 Å². The van der Waals surface area contributed by atoms with E-state index >= 15 is 0 Å². The maximum atomic E-state index is 10.8. The van der Waals surface area contributed by atoms with Crippen LogP contribution in [0.25, 0.3) is 0 Å². The second-order valence-corrected chi connectivity index (χ2v) is 7.52. The molecule has 0 unspecified atom stereocenters. The fraction of sp³-hybridized carbons (Fsp3) is 1.00. The highest BCUT2D eigenvalue weighted by molar-refractivity contribution is 7.92. The summed E-state index contributed by atoms with van der Waals surface area (Å²) in [5.74, 6) is 0.0189. The smallest absolute Gasteiger partial charge is 0.264 e. The fourth-order valence-electron chi connectivity index (χ4n) is 1.35. The fourth-order valence-corrected chi connectivity index (χ4v) is 4.06. The minimum atomic E-state index is -3.47. The lowest BCUT2D eigenvalue weighted by atomic mass is 9.97. The average Bonchev–Trinajstić information content (AvgIpc) is 1.77. The normalized spacial score (nSPS) is 25.1. The van der Waals surface area contributed by atoms with E-state index in [0.717, 1.165) is 6.26 Å². The average molecular weight is 228 g/mol. The molecule has 0 aromatic rings. The minimum absolute atomic E-state index is 0.00944. The van der Waals surface area contributed by atoms with E-state index in [0.29, 0.717) is 0 Å². The summed E-state index contributed by atoms with van der Waals surface area (Å²) in [6.07, 6.45) is 0.948. The Kier molecular flexibility index (Phi) is 2.46. The molecule has 1 rings (SSSR count). The SMILES string of the molecule is CC1(COS(C)(=O)=O)CS(=O)(=O)C1. The first-order chi connectivity index (χ1) is 5.62. The van der Waals surface area contributed by atoms with Crippen molar-refractivity contribution in [3.63, 3.8) is 0 Å². The zero-order chi connectivity index (χ0) is 10.3. The molecule has 0 spiro atoms. The van der Waals surface area contributed by atoms with Gasteiger partial charge in [0.1, 0.15) is 0 Å². The van der Waals surface area contributed by atoms with Crippen LogP contribution in [0.15, 0.2) is 0 Å². The molecule has 1 aliphatic rings. The van der Waals surface area contributed by atoms with Crippen LogP contribution in [0.3, 0.4) is 0 Å². The predicted octanol–water partition coefficient (Wildman–Crippen LogP) is -0.603. The van der Waals surface area contributed by atoms with Gasteiger partial charge in [0.25, 0.3) is 10.1 Å². The second kappa shape index (κ2) is 2.93. The highest BCUT2D eigenvalue weighted by atomic mass is 32.2. The van der Waals surface area contributed by atoms with Crippen LogP contribution in [0.2, 0.25) is 0 Å². The van der Waals surface area contributed by atoms with Crippen LogP contribution in [0.1, 0.15) is 6.92 Å². The predicted molar refractivity (Wildman–Crippen MR) is 47.6 cm³/mol. The lowest BCUT2D eigenvalue weighted by Gasteiger charge is -2.36. The van der Waals surface area contributed by atoms with Gasteiger partial charge in [-0.2, -0.15) is 8.42 Å². The molecular formula is C6H12O5S2. The number of rotatable bonds is 3. The Morgan fingerprint density at radius 3 is 2.15 bits per heavy atom. The molecule has 0 saturated carbocycles. The van der Waals surface area contributed by atoms with E-state index in [1.54, 1.807) is 6.92 Å². The second-order valence-electron chi connectivity index (χ2n) is 3.81. The summed E-state index contributed by atoms with van der Waals surface area (Å²) in [4.78, 5) is 0. The molecule has 78 valence electrons. The van der Waals surface area contributed by atoms with Gasteiger partial charge in [-0.05, 0) is 0 Å². The van der Waals surface area contributed by atoms with Gasteiger partial charge in [-0.25, -0.2) is 8.42 Å². The molecule has 1 fully saturated rings. The molecule has 5 nitrogen and oxygen atoms in total. The third kappa shape index (κ3) is 3.24. The quantitative estimate of drug-likeness (QED) is 0.603. The van der Waals surface area contributed by atoms with E-state index in [9.17, 15) is 16.8 Å². The van der Waals surface area contributed by atoms with Crippen LogP contribution in [-0.4, -0.2) is 41.2 Å². The standard InChI is InChI=1S/C6H12O5S2/c1-6(3-11-12(2,7)8)4-13(9,10)5-6/h3-5H2,1-2H3. The van der Waals surface area contributed by atoms with E-state index in [1.165, 1.54) is 0 Å². The topological polar surface area (TPSA) is 77.5 Å². The van der Waals surface area contributed by atoms with E-state index < -0.39 is 25.4 Å². The van der Waals surface area contributed by atoms with Gasteiger partial charge in [-0.1, -0.05) is 6.92 Å². The lowest BCUT2D eigenvalue weighted by Crippen LogP contribution is -2.49. The van der Waals surface area contributed by atoms with Crippen molar-refractivity contribution in [1.29, 1.82) is 0 Å². The summed E-state index contributed by atoms with van der Waals surface area (Å²) in [6.45, 7) is 1.64. The zero-order valence-corrected chi connectivity index (χ0v) is 9.11. The van der Waals surface area contributed by atoms with Crippen LogP contribution in [0.4, 0.5) is 0 Å². The zero-order valence-electron chi connectivity index (χ0n) is 7.48. The Balaban J connectivity index is 2.50. The van der Waals surface area contributed by atoms with Gasteiger partial charge in [-0.15, -0.1) is 0 Å². The largest absolute Gasteiger partial charge is 0.270 e. The summed E-state index contributed by atoms with van der Waals surface area (Å²) in [5.41, 5.74) is -0.526. The van der Waals surface area contributed by atoms with E-state index in [-0.39, 0.29) is 18.1 Å². The first-order valence-electron chi connectivity index (χ1n) is 3.67. The molecule has 0 radical (unpaired) electrons. The summed E-state index contributed by atoms with van der Waals surface area (Å²) in [5, 5.41) is 0. The Morgan fingerprint density at radius 1 is 1.38 bits per heavy atom. The first kappa shape index (κ1) is 10.9. The third-order valence-corrected chi connectivity index (χ3v) is 4.58. The highest BCUT2D eigenvalue weighted by Crippen LogP contribution is 2.32. The third-order valence-electron chi connectivity index (χ3n) is 1.76. The maximum absolute atomic E-state index is 10.8. The Bertz CT molecular complexity index is 379. The molecule has 0 amide bonds. The van der Waals surface area contributed by atoms with E-state index in [1.807, 2.05) is 0 Å². The first-order valence-corrected chi connectivity index (χ1v) is 7.31. The highest BCUT2D eigenvalue weighted by Gasteiger charge is 2.45. The van der Waals surface area contributed by atoms with Crippen molar-refractivity contribution < 1.29 is 21.0 Å². The Hall–Kier alpha value is -0.140. The molecule has 1 heterocycles. The number of hydrogen-bond acceptors (Lipinski definition) is 5. The molecule has 0 N–H and O–H groups in total. The van der Waals surface area contributed by atoms with Gasteiger partial charge in [0.15, 0.2) is 9.84 Å². The number of hydrogen-bond donors (Lipinski definition) is 0. The summed E-state index contributed by atoms with van der Waals surface area (Å²) in [7, 11) is -6.40. The molecule has 0 bridgehead atoms. The molecular weight excluding hydrogens is 216 g/mol. The summed E-state index contributed by atoms with van der Waals surface area (Å²) in [6, 6.07) is 0. The van der Waals surface area contributed by atoms with Crippen molar-refractivity contribution in [1.82, 2.24) is 0 Å². The molecule has 13 heavy (non-hydrogen) atoms. The van der Waals surface area contributed by atoms with Gasteiger partial charge in [-0.3, -0.25) is 4.18 Å². The molecule has 0 aromatic carbocycles. The molecule has 0 aliphatic carbocycles. The minimum Gasteiger partial charge on any atom is -0.270 e. The molecule has 1 aliphatic heterocycles. The summed E-state index contributed by atoms with van der Waals surface area (Å²) < 4.78 is 47.4. The van der Waals surface area contributed by atoms with Crippen molar-refractivity contribution in [3.8, 4) is 0 Å². The lowest BCUT2D eigenvalue weighted by molar-refractivity contribution is 0.195. The molecule has 0 aromatic heterocycles. The summed E-state index contributed by atoms with van der Waals surface area (Å²) >= 11 is 0. The van der Waals surface area contributed by atoms with Gasteiger partial charge in [0.05, 0.1) is 24.4 Å². The van der Waals surface area contributed by atoms with Crippen molar-refractivity contribution in [2.24, 2.45) is 5.41 Å². The van der Waals surface area contributed by atoms with E-state index in [2.05, 4.69) is 4.18 Å². The Labute approximate surface area is 78.1 Å². The Morgan fingerprint density at radius 2 is 1.85 bits per heavy atom. The van der Waals surface area contributed by atoms with Crippen molar-refractivity contribution in [2.75, 3.05) is 24.4 Å². The van der Waals surface area contributed by atoms with Gasteiger partial charge >= 0.3 is 0 Å². The van der Waals surface area contributed by atoms with Gasteiger partial charge in [0, 0.05) is 5.41 Å². The molecule has 1 saturated heterocycles. The maximum Gasteiger partial charge on any atom is 0.264 e. The van der Waals surface area contributed by atoms with Crippen LogP contribution in [0.5, 0.6) is 0 Å². The van der Waals surface area contributed by atoms with Crippen molar-refractivity contribution >= 4 is 20.0 Å². The number of sulfone groups is 1. The van der Waals surface area contributed by atoms with E-state index in [4.69, 9.17) is 0 Å². The molecule has 7 heteroatoms. The van der Waals surface area contributed by atoms with Crippen molar-refractivity contribution in [3.05, 3.63) is 0 Å². The van der Waals surface area contributed by atoms with Crippen LogP contribution in [-0.2, 0) is 24.1 Å².